The number of nitrogens with one attached hydrogen (secondary N) is 1. The molecule has 0 aliphatic carbocycles. The second kappa shape index (κ2) is 9.77. The number of nitrogens with zero attached hydrogens (tertiary/aromatic N) is 2. The van der Waals surface area contributed by atoms with Crippen LogP contribution in [-0.4, -0.2) is 54.8 Å². The number of amides is 3. The number of thioether (sulfide) groups is 1. The molecule has 2 aromatic rings. The van der Waals surface area contributed by atoms with Crippen LogP contribution < -0.4 is 10.2 Å². The summed E-state index contributed by atoms with van der Waals surface area (Å²) in [4.78, 5) is 41.0. The Labute approximate surface area is 195 Å². The highest BCUT2D eigenvalue weighted by Crippen LogP contribution is 2.33. The maximum atomic E-state index is 12.8. The van der Waals surface area contributed by atoms with Crippen molar-refractivity contribution < 1.29 is 19.1 Å². The number of morpholine rings is 1. The number of anilines is 2. The SMILES string of the molecule is Cc1cc(N2CCOCC2)ccc1/C=C1\SC(=O)N(CC(=O)Nc2cccc(Cl)c2)C1=O. The van der Waals surface area contributed by atoms with Crippen molar-refractivity contribution in [2.75, 3.05) is 43.1 Å². The van der Waals surface area contributed by atoms with E-state index >= 15 is 0 Å². The van der Waals surface area contributed by atoms with E-state index in [4.69, 9.17) is 16.3 Å². The summed E-state index contributed by atoms with van der Waals surface area (Å²) in [7, 11) is 0. The van der Waals surface area contributed by atoms with Gasteiger partial charge in [-0.1, -0.05) is 23.7 Å². The van der Waals surface area contributed by atoms with Crippen LogP contribution >= 0.6 is 23.4 Å². The summed E-state index contributed by atoms with van der Waals surface area (Å²) in [6, 6.07) is 12.7. The number of benzene rings is 2. The van der Waals surface area contributed by atoms with Crippen LogP contribution in [0.25, 0.3) is 6.08 Å². The zero-order valence-electron chi connectivity index (χ0n) is 17.5. The second-order valence-electron chi connectivity index (χ2n) is 7.47. The Morgan fingerprint density at radius 2 is 1.97 bits per heavy atom. The van der Waals surface area contributed by atoms with Crippen LogP contribution in [0.3, 0.4) is 0 Å². The lowest BCUT2D eigenvalue weighted by Crippen LogP contribution is -2.36. The van der Waals surface area contributed by atoms with Gasteiger partial charge in [-0.2, -0.15) is 0 Å². The lowest BCUT2D eigenvalue weighted by atomic mass is 10.1. The van der Waals surface area contributed by atoms with Crippen LogP contribution in [0.1, 0.15) is 11.1 Å². The predicted molar refractivity (Wildman–Crippen MR) is 127 cm³/mol. The van der Waals surface area contributed by atoms with Gasteiger partial charge in [0.05, 0.1) is 18.1 Å². The lowest BCUT2D eigenvalue weighted by molar-refractivity contribution is -0.127. The first kappa shape index (κ1) is 22.4. The van der Waals surface area contributed by atoms with Crippen molar-refractivity contribution in [3.8, 4) is 0 Å². The zero-order chi connectivity index (χ0) is 22.7. The topological polar surface area (TPSA) is 79.0 Å². The number of imide groups is 1. The minimum absolute atomic E-state index is 0.299. The van der Waals surface area contributed by atoms with Gasteiger partial charge in [0.25, 0.3) is 11.1 Å². The molecule has 0 atom stereocenters. The number of carbonyl (C=O) groups excluding carboxylic acids is 3. The van der Waals surface area contributed by atoms with Gasteiger partial charge in [0.2, 0.25) is 5.91 Å². The molecular formula is C23H22ClN3O4S. The molecule has 2 aliphatic heterocycles. The van der Waals surface area contributed by atoms with Crippen LogP contribution in [0.15, 0.2) is 47.4 Å². The average Bonchev–Trinajstić information content (AvgIpc) is 3.03. The van der Waals surface area contributed by atoms with Crippen molar-refractivity contribution in [2.24, 2.45) is 0 Å². The fourth-order valence-electron chi connectivity index (χ4n) is 3.53. The third-order valence-corrected chi connectivity index (χ3v) is 6.34. The van der Waals surface area contributed by atoms with E-state index in [1.54, 1.807) is 30.3 Å². The van der Waals surface area contributed by atoms with Gasteiger partial charge in [0.15, 0.2) is 0 Å². The fraction of sp³-hybridized carbons (Fsp3) is 0.261. The van der Waals surface area contributed by atoms with Crippen molar-refractivity contribution in [3.05, 3.63) is 63.5 Å². The van der Waals surface area contributed by atoms with Gasteiger partial charge in [-0.25, -0.2) is 0 Å². The highest BCUT2D eigenvalue weighted by Gasteiger charge is 2.36. The van der Waals surface area contributed by atoms with Crippen LogP contribution in [0.4, 0.5) is 16.2 Å². The standard InChI is InChI=1S/C23H22ClN3O4S/c1-15-11-19(26-7-9-31-10-8-26)6-5-16(15)12-20-22(29)27(23(30)32-20)14-21(28)25-18-4-2-3-17(24)13-18/h2-6,11-13H,7-10,14H2,1H3,(H,25,28)/b20-12-. The first-order valence-corrected chi connectivity index (χ1v) is 11.3. The molecule has 2 aliphatic rings. The van der Waals surface area contributed by atoms with Crippen molar-refractivity contribution >= 4 is 57.9 Å². The molecule has 0 saturated carbocycles. The Morgan fingerprint density at radius 3 is 2.69 bits per heavy atom. The van der Waals surface area contributed by atoms with Gasteiger partial charge in [-0.3, -0.25) is 19.3 Å². The van der Waals surface area contributed by atoms with Crippen molar-refractivity contribution in [1.82, 2.24) is 4.90 Å². The second-order valence-corrected chi connectivity index (χ2v) is 8.90. The van der Waals surface area contributed by atoms with Gasteiger partial charge in [-0.15, -0.1) is 0 Å². The molecule has 32 heavy (non-hydrogen) atoms. The molecule has 3 amide bonds. The number of hydrogen-bond acceptors (Lipinski definition) is 6. The highest BCUT2D eigenvalue weighted by molar-refractivity contribution is 8.18. The molecule has 1 N–H and O–H groups in total. The van der Waals surface area contributed by atoms with Crippen LogP contribution in [-0.2, 0) is 14.3 Å². The summed E-state index contributed by atoms with van der Waals surface area (Å²) in [5.41, 5.74) is 3.46. The molecule has 166 valence electrons. The summed E-state index contributed by atoms with van der Waals surface area (Å²) in [6.07, 6.45) is 1.71. The molecule has 0 radical (unpaired) electrons. The van der Waals surface area contributed by atoms with Gasteiger partial charge in [-0.05, 0) is 66.2 Å². The summed E-state index contributed by atoms with van der Waals surface area (Å²) < 4.78 is 5.40. The van der Waals surface area contributed by atoms with E-state index in [9.17, 15) is 14.4 Å². The molecule has 7 nitrogen and oxygen atoms in total. The monoisotopic (exact) mass is 471 g/mol. The van der Waals surface area contributed by atoms with E-state index in [-0.39, 0.29) is 6.54 Å². The minimum atomic E-state index is -0.474. The van der Waals surface area contributed by atoms with E-state index in [1.165, 1.54) is 0 Å². The zero-order valence-corrected chi connectivity index (χ0v) is 19.0. The molecule has 0 spiro atoms. The van der Waals surface area contributed by atoms with Gasteiger partial charge >= 0.3 is 0 Å². The van der Waals surface area contributed by atoms with E-state index in [0.717, 1.165) is 46.6 Å². The molecule has 0 aromatic heterocycles. The van der Waals surface area contributed by atoms with Gasteiger partial charge < -0.3 is 15.0 Å². The molecule has 9 heteroatoms. The summed E-state index contributed by atoms with van der Waals surface area (Å²) >= 11 is 6.76. The first-order chi connectivity index (χ1) is 15.4. The van der Waals surface area contributed by atoms with Crippen molar-refractivity contribution in [3.63, 3.8) is 0 Å². The third-order valence-electron chi connectivity index (χ3n) is 5.20. The predicted octanol–water partition coefficient (Wildman–Crippen LogP) is 4.16. The van der Waals surface area contributed by atoms with Crippen molar-refractivity contribution in [2.45, 2.75) is 6.92 Å². The molecular weight excluding hydrogens is 450 g/mol. The number of carbonyl (C=O) groups is 3. The quantitative estimate of drug-likeness (QED) is 0.660. The molecule has 0 unspecified atom stereocenters. The molecule has 4 rings (SSSR count). The van der Waals surface area contributed by atoms with E-state index in [0.29, 0.717) is 28.8 Å². The number of rotatable bonds is 5. The third kappa shape index (κ3) is 5.15. The van der Waals surface area contributed by atoms with Crippen molar-refractivity contribution in [1.29, 1.82) is 0 Å². The fourth-order valence-corrected chi connectivity index (χ4v) is 4.55. The maximum Gasteiger partial charge on any atom is 0.294 e. The van der Waals surface area contributed by atoms with Crippen LogP contribution in [0.2, 0.25) is 5.02 Å². The molecule has 2 heterocycles. The van der Waals surface area contributed by atoms with Crippen LogP contribution in [0, 0.1) is 6.92 Å². The first-order valence-electron chi connectivity index (χ1n) is 10.1. The molecule has 0 bridgehead atoms. The highest BCUT2D eigenvalue weighted by atomic mass is 35.5. The Kier molecular flexibility index (Phi) is 6.83. The Balaban J connectivity index is 1.44. The van der Waals surface area contributed by atoms with E-state index < -0.39 is 17.1 Å². The summed E-state index contributed by atoms with van der Waals surface area (Å²) in [5.74, 6) is -0.945. The van der Waals surface area contributed by atoms with Gasteiger partial charge in [0, 0.05) is 29.5 Å². The summed E-state index contributed by atoms with van der Waals surface area (Å²) in [6.45, 7) is 4.71. The molecule has 2 aromatic carbocycles. The average molecular weight is 472 g/mol. The summed E-state index contributed by atoms with van der Waals surface area (Å²) in [5, 5.41) is 2.66. The van der Waals surface area contributed by atoms with Gasteiger partial charge in [0.1, 0.15) is 6.54 Å². The van der Waals surface area contributed by atoms with Crippen LogP contribution in [0.5, 0.6) is 0 Å². The maximum absolute atomic E-state index is 12.8. The Bertz CT molecular complexity index is 1100. The molecule has 2 saturated heterocycles. The largest absolute Gasteiger partial charge is 0.378 e. The Morgan fingerprint density at radius 1 is 1.19 bits per heavy atom. The minimum Gasteiger partial charge on any atom is -0.378 e. The molecule has 2 fully saturated rings. The number of aryl methyl sites for hydroxylation is 1. The van der Waals surface area contributed by atoms with E-state index in [2.05, 4.69) is 16.3 Å². The Hall–Kier alpha value is -2.81. The lowest BCUT2D eigenvalue weighted by Gasteiger charge is -2.29. The smallest absolute Gasteiger partial charge is 0.294 e. The number of hydrogen-bond donors (Lipinski definition) is 1. The van der Waals surface area contributed by atoms with E-state index in [1.807, 2.05) is 19.1 Å². The number of halogens is 1. The number of ether oxygens (including phenoxy) is 1. The normalized spacial score (nSPS) is 17.9.